The molecule has 0 spiro atoms. The highest BCUT2D eigenvalue weighted by Gasteiger charge is 2.23. The SMILES string of the molecule is CCOc1ccc(-c2nc3sc(C(=O)OC(C)C)c(C)n3c2C=O)cc1. The number of carbonyl (C=O) groups excluding carboxylic acids is 2. The number of rotatable bonds is 6. The smallest absolute Gasteiger partial charge is 0.350 e. The molecule has 0 fully saturated rings. The van der Waals surface area contributed by atoms with Crippen LogP contribution in [0.1, 0.15) is 46.6 Å². The van der Waals surface area contributed by atoms with Gasteiger partial charge in [0.1, 0.15) is 22.0 Å². The maximum Gasteiger partial charge on any atom is 0.350 e. The molecular formula is C19H20N2O4S. The Kier molecular flexibility index (Phi) is 5.08. The first-order chi connectivity index (χ1) is 12.5. The van der Waals surface area contributed by atoms with E-state index in [4.69, 9.17) is 9.47 Å². The Morgan fingerprint density at radius 1 is 1.31 bits per heavy atom. The number of fused-ring (bicyclic) bond motifs is 1. The Bertz CT molecular complexity index is 954. The zero-order valence-corrected chi connectivity index (χ0v) is 15.9. The highest BCUT2D eigenvalue weighted by atomic mass is 32.1. The molecule has 1 aromatic carbocycles. The van der Waals surface area contributed by atoms with E-state index in [0.29, 0.717) is 33.5 Å². The fourth-order valence-electron chi connectivity index (χ4n) is 2.72. The van der Waals surface area contributed by atoms with Crippen LogP contribution < -0.4 is 4.74 Å². The van der Waals surface area contributed by atoms with Crippen molar-refractivity contribution in [3.8, 4) is 17.0 Å². The molecule has 0 bridgehead atoms. The summed E-state index contributed by atoms with van der Waals surface area (Å²) >= 11 is 1.22. The van der Waals surface area contributed by atoms with Gasteiger partial charge in [0, 0.05) is 11.3 Å². The Morgan fingerprint density at radius 3 is 2.58 bits per heavy atom. The number of carbonyl (C=O) groups is 2. The Hall–Kier alpha value is -2.67. The van der Waals surface area contributed by atoms with Crippen LogP contribution in [0.25, 0.3) is 16.2 Å². The molecule has 0 saturated carbocycles. The summed E-state index contributed by atoms with van der Waals surface area (Å²) in [7, 11) is 0. The summed E-state index contributed by atoms with van der Waals surface area (Å²) in [6.07, 6.45) is 0.560. The maximum absolute atomic E-state index is 12.2. The second-order valence-corrected chi connectivity index (χ2v) is 6.99. The third-order valence-electron chi connectivity index (χ3n) is 3.82. The van der Waals surface area contributed by atoms with Crippen LogP contribution in [0.2, 0.25) is 0 Å². The molecule has 2 heterocycles. The summed E-state index contributed by atoms with van der Waals surface area (Å²) in [5.41, 5.74) is 2.47. The van der Waals surface area contributed by atoms with Crippen molar-refractivity contribution in [2.24, 2.45) is 0 Å². The molecule has 26 heavy (non-hydrogen) atoms. The Labute approximate surface area is 155 Å². The topological polar surface area (TPSA) is 69.9 Å². The van der Waals surface area contributed by atoms with E-state index in [-0.39, 0.29) is 6.10 Å². The average molecular weight is 372 g/mol. The van der Waals surface area contributed by atoms with Gasteiger partial charge < -0.3 is 9.47 Å². The minimum absolute atomic E-state index is 0.207. The van der Waals surface area contributed by atoms with E-state index in [1.165, 1.54) is 11.3 Å². The molecule has 0 atom stereocenters. The maximum atomic E-state index is 12.2. The second-order valence-electron chi connectivity index (χ2n) is 6.01. The molecule has 2 aromatic heterocycles. The number of hydrogen-bond acceptors (Lipinski definition) is 6. The molecule has 3 aromatic rings. The number of nitrogens with zero attached hydrogens (tertiary/aromatic N) is 2. The highest BCUT2D eigenvalue weighted by Crippen LogP contribution is 2.31. The number of benzene rings is 1. The molecule has 7 heteroatoms. The largest absolute Gasteiger partial charge is 0.494 e. The third kappa shape index (κ3) is 3.22. The monoisotopic (exact) mass is 372 g/mol. The molecule has 0 aliphatic carbocycles. The predicted octanol–water partition coefficient (Wildman–Crippen LogP) is 4.15. The van der Waals surface area contributed by atoms with Gasteiger partial charge in [-0.15, -0.1) is 0 Å². The van der Waals surface area contributed by atoms with Crippen molar-refractivity contribution in [3.05, 3.63) is 40.5 Å². The number of aromatic nitrogens is 2. The number of aldehydes is 1. The highest BCUT2D eigenvalue weighted by molar-refractivity contribution is 7.19. The molecule has 0 N–H and O–H groups in total. The predicted molar refractivity (Wildman–Crippen MR) is 100 cm³/mol. The summed E-state index contributed by atoms with van der Waals surface area (Å²) in [4.78, 5) is 29.6. The van der Waals surface area contributed by atoms with E-state index in [1.807, 2.05) is 31.2 Å². The molecule has 0 radical (unpaired) electrons. The molecule has 6 nitrogen and oxygen atoms in total. The fraction of sp³-hybridized carbons (Fsp3) is 0.316. The number of hydrogen-bond donors (Lipinski definition) is 0. The van der Waals surface area contributed by atoms with Gasteiger partial charge in [-0.2, -0.15) is 0 Å². The van der Waals surface area contributed by atoms with Gasteiger partial charge in [-0.25, -0.2) is 9.78 Å². The Balaban J connectivity index is 2.06. The molecular weight excluding hydrogens is 352 g/mol. The molecule has 0 unspecified atom stereocenters. The lowest BCUT2D eigenvalue weighted by Crippen LogP contribution is -2.11. The third-order valence-corrected chi connectivity index (χ3v) is 4.94. The standard InChI is InChI=1S/C19H20N2O4S/c1-5-24-14-8-6-13(7-9-14)16-15(10-22)21-12(4)17(26-19(21)20-16)18(23)25-11(2)3/h6-11H,5H2,1-4H3. The van der Waals surface area contributed by atoms with Crippen LogP contribution in [0.15, 0.2) is 24.3 Å². The lowest BCUT2D eigenvalue weighted by Gasteiger charge is -2.07. The first-order valence-electron chi connectivity index (χ1n) is 8.37. The van der Waals surface area contributed by atoms with Crippen molar-refractivity contribution in [1.29, 1.82) is 0 Å². The van der Waals surface area contributed by atoms with Gasteiger partial charge in [-0.1, -0.05) is 11.3 Å². The van der Waals surface area contributed by atoms with Crippen LogP contribution in [0.3, 0.4) is 0 Å². The van der Waals surface area contributed by atoms with Crippen molar-refractivity contribution in [2.45, 2.75) is 33.8 Å². The van der Waals surface area contributed by atoms with E-state index >= 15 is 0 Å². The molecule has 0 saturated heterocycles. The number of ether oxygens (including phenoxy) is 2. The lowest BCUT2D eigenvalue weighted by atomic mass is 10.1. The molecule has 3 rings (SSSR count). The van der Waals surface area contributed by atoms with Crippen LogP contribution in [-0.4, -0.2) is 34.4 Å². The van der Waals surface area contributed by atoms with E-state index in [2.05, 4.69) is 4.98 Å². The summed E-state index contributed by atoms with van der Waals surface area (Å²) < 4.78 is 12.4. The van der Waals surface area contributed by atoms with E-state index in [9.17, 15) is 9.59 Å². The van der Waals surface area contributed by atoms with E-state index in [1.54, 1.807) is 25.2 Å². The van der Waals surface area contributed by atoms with Crippen molar-refractivity contribution in [1.82, 2.24) is 9.38 Å². The van der Waals surface area contributed by atoms with Crippen molar-refractivity contribution < 1.29 is 19.1 Å². The van der Waals surface area contributed by atoms with Crippen LogP contribution in [0.4, 0.5) is 0 Å². The Morgan fingerprint density at radius 2 is 2.00 bits per heavy atom. The average Bonchev–Trinajstić information content (AvgIpc) is 3.12. The number of aryl methyl sites for hydroxylation is 1. The van der Waals surface area contributed by atoms with Gasteiger partial charge in [0.2, 0.25) is 0 Å². The fourth-order valence-corrected chi connectivity index (χ4v) is 3.74. The molecule has 0 aliphatic heterocycles. The van der Waals surface area contributed by atoms with Crippen molar-refractivity contribution in [3.63, 3.8) is 0 Å². The summed E-state index contributed by atoms with van der Waals surface area (Å²) in [6.45, 7) is 7.90. The zero-order chi connectivity index (χ0) is 18.8. The van der Waals surface area contributed by atoms with Crippen LogP contribution in [-0.2, 0) is 4.74 Å². The van der Waals surface area contributed by atoms with Crippen molar-refractivity contribution in [2.75, 3.05) is 6.61 Å². The summed E-state index contributed by atoms with van der Waals surface area (Å²) in [6, 6.07) is 7.43. The zero-order valence-electron chi connectivity index (χ0n) is 15.1. The molecule has 136 valence electrons. The molecule has 0 aliphatic rings. The van der Waals surface area contributed by atoms with Crippen molar-refractivity contribution >= 4 is 28.6 Å². The van der Waals surface area contributed by atoms with E-state index < -0.39 is 5.97 Å². The van der Waals surface area contributed by atoms with Gasteiger partial charge >= 0.3 is 5.97 Å². The summed E-state index contributed by atoms with van der Waals surface area (Å²) in [5, 5.41) is 0. The van der Waals surface area contributed by atoms with E-state index in [0.717, 1.165) is 17.6 Å². The first-order valence-corrected chi connectivity index (χ1v) is 9.19. The van der Waals surface area contributed by atoms with Crippen LogP contribution in [0.5, 0.6) is 5.75 Å². The normalized spacial score (nSPS) is 11.1. The van der Waals surface area contributed by atoms with Gasteiger partial charge in [-0.05, 0) is 52.0 Å². The molecule has 0 amide bonds. The number of thiazole rings is 1. The quantitative estimate of drug-likeness (QED) is 0.480. The lowest BCUT2D eigenvalue weighted by molar-refractivity contribution is 0.0382. The second kappa shape index (κ2) is 7.29. The van der Waals surface area contributed by atoms with Gasteiger partial charge in [0.25, 0.3) is 0 Å². The van der Waals surface area contributed by atoms with Gasteiger partial charge in [0.15, 0.2) is 11.2 Å². The van der Waals surface area contributed by atoms with Crippen LogP contribution in [0, 0.1) is 6.92 Å². The van der Waals surface area contributed by atoms with Gasteiger partial charge in [-0.3, -0.25) is 9.20 Å². The van der Waals surface area contributed by atoms with Crippen LogP contribution >= 0.6 is 11.3 Å². The number of imidazole rings is 1. The summed E-state index contributed by atoms with van der Waals surface area (Å²) in [5.74, 6) is 0.368. The first kappa shape index (κ1) is 18.1. The minimum atomic E-state index is -0.396. The number of esters is 1. The van der Waals surface area contributed by atoms with Gasteiger partial charge in [0.05, 0.1) is 12.7 Å². The minimum Gasteiger partial charge on any atom is -0.494 e.